The van der Waals surface area contributed by atoms with Gasteiger partial charge in [0.25, 0.3) is 0 Å². The van der Waals surface area contributed by atoms with Gasteiger partial charge >= 0.3 is 0 Å². The van der Waals surface area contributed by atoms with Crippen LogP contribution in [-0.4, -0.2) is 12.1 Å². The molecule has 1 heterocycles. The van der Waals surface area contributed by atoms with Crippen LogP contribution in [0, 0.1) is 6.92 Å². The van der Waals surface area contributed by atoms with Crippen LogP contribution in [0.3, 0.4) is 0 Å². The number of pyridine rings is 1. The normalized spacial score (nSPS) is 8.55. The average Bonchev–Trinajstić information content (AvgIpc) is 1.85. The number of hydrogen-bond donors (Lipinski definition) is 1. The van der Waals surface area contributed by atoms with E-state index in [4.69, 9.17) is 10.5 Å². The predicted molar refractivity (Wildman–Crippen MR) is 47.2 cm³/mol. The molecule has 4 heteroatoms. The third-order valence-corrected chi connectivity index (χ3v) is 1.18. The number of nitrogens with zero attached hydrogens (tertiary/aromatic N) is 1. The molecule has 0 spiro atoms. The number of anilines is 1. The number of nitrogens with two attached hydrogens (primary N) is 1. The first-order valence-corrected chi connectivity index (χ1v) is 3.00. The highest BCUT2D eigenvalue weighted by molar-refractivity contribution is 5.85. The molecule has 0 saturated heterocycles. The van der Waals surface area contributed by atoms with Crippen LogP contribution in [0.25, 0.3) is 0 Å². The summed E-state index contributed by atoms with van der Waals surface area (Å²) in [5.74, 6) is 1.06. The van der Waals surface area contributed by atoms with Crippen LogP contribution in [0.1, 0.15) is 5.56 Å². The minimum absolute atomic E-state index is 0. The van der Waals surface area contributed by atoms with Crippen LogP contribution in [0.2, 0.25) is 0 Å². The van der Waals surface area contributed by atoms with Crippen molar-refractivity contribution in [2.45, 2.75) is 6.92 Å². The topological polar surface area (TPSA) is 48.1 Å². The van der Waals surface area contributed by atoms with Gasteiger partial charge in [-0.1, -0.05) is 0 Å². The second kappa shape index (κ2) is 4.03. The molecular formula is C7H11ClN2O. The first kappa shape index (κ1) is 10.0. The fourth-order valence-corrected chi connectivity index (χ4v) is 0.766. The number of hydrogen-bond acceptors (Lipinski definition) is 3. The fraction of sp³-hybridized carbons (Fsp3) is 0.286. The second-order valence-corrected chi connectivity index (χ2v) is 2.11. The Balaban J connectivity index is 0.000001000. The summed E-state index contributed by atoms with van der Waals surface area (Å²) in [6.07, 6.45) is 0. The summed E-state index contributed by atoms with van der Waals surface area (Å²) in [7, 11) is 1.57. The second-order valence-electron chi connectivity index (χ2n) is 2.11. The van der Waals surface area contributed by atoms with Gasteiger partial charge in [-0.05, 0) is 18.6 Å². The maximum atomic E-state index is 5.44. The van der Waals surface area contributed by atoms with Gasteiger partial charge in [-0.3, -0.25) is 0 Å². The van der Waals surface area contributed by atoms with Crippen molar-refractivity contribution < 1.29 is 4.74 Å². The largest absolute Gasteiger partial charge is 0.481 e. The Hall–Kier alpha value is -0.960. The zero-order valence-electron chi connectivity index (χ0n) is 6.50. The van der Waals surface area contributed by atoms with Gasteiger partial charge in [-0.15, -0.1) is 12.4 Å². The summed E-state index contributed by atoms with van der Waals surface area (Å²) in [6, 6.07) is 3.62. The number of aryl methyl sites for hydroxylation is 1. The Morgan fingerprint density at radius 3 is 2.55 bits per heavy atom. The van der Waals surface area contributed by atoms with Crippen molar-refractivity contribution in [1.29, 1.82) is 0 Å². The van der Waals surface area contributed by atoms with Crippen LogP contribution in [0.4, 0.5) is 5.82 Å². The Morgan fingerprint density at radius 1 is 1.45 bits per heavy atom. The zero-order chi connectivity index (χ0) is 7.56. The number of aromatic nitrogens is 1. The maximum absolute atomic E-state index is 5.44. The molecule has 3 nitrogen and oxygen atoms in total. The van der Waals surface area contributed by atoms with Crippen LogP contribution in [0.15, 0.2) is 12.1 Å². The highest BCUT2D eigenvalue weighted by Crippen LogP contribution is 2.11. The Bertz CT molecular complexity index is 220. The average molecular weight is 175 g/mol. The van der Waals surface area contributed by atoms with E-state index in [1.165, 1.54) is 0 Å². The van der Waals surface area contributed by atoms with Gasteiger partial charge in [-0.25, -0.2) is 0 Å². The van der Waals surface area contributed by atoms with Crippen LogP contribution in [-0.2, 0) is 0 Å². The highest BCUT2D eigenvalue weighted by atomic mass is 35.5. The molecule has 62 valence electrons. The molecule has 1 rings (SSSR count). The van der Waals surface area contributed by atoms with Crippen molar-refractivity contribution >= 4 is 18.2 Å². The first-order chi connectivity index (χ1) is 4.72. The van der Waals surface area contributed by atoms with Crippen molar-refractivity contribution in [1.82, 2.24) is 4.98 Å². The molecule has 0 radical (unpaired) electrons. The van der Waals surface area contributed by atoms with Crippen molar-refractivity contribution in [2.75, 3.05) is 12.8 Å². The maximum Gasteiger partial charge on any atom is 0.215 e. The van der Waals surface area contributed by atoms with E-state index in [1.54, 1.807) is 13.2 Å². The van der Waals surface area contributed by atoms with Gasteiger partial charge in [0.15, 0.2) is 0 Å². The van der Waals surface area contributed by atoms with Gasteiger partial charge in [-0.2, -0.15) is 4.98 Å². The lowest BCUT2D eigenvalue weighted by molar-refractivity contribution is 0.398. The van der Waals surface area contributed by atoms with E-state index < -0.39 is 0 Å². The van der Waals surface area contributed by atoms with Crippen molar-refractivity contribution in [3.8, 4) is 5.88 Å². The Kier molecular flexibility index (Phi) is 3.68. The van der Waals surface area contributed by atoms with E-state index >= 15 is 0 Å². The quantitative estimate of drug-likeness (QED) is 0.700. The first-order valence-electron chi connectivity index (χ1n) is 3.00. The summed E-state index contributed by atoms with van der Waals surface area (Å²) in [6.45, 7) is 1.94. The van der Waals surface area contributed by atoms with E-state index in [9.17, 15) is 0 Å². The summed E-state index contributed by atoms with van der Waals surface area (Å²) < 4.78 is 4.88. The zero-order valence-corrected chi connectivity index (χ0v) is 7.31. The monoisotopic (exact) mass is 174 g/mol. The molecule has 1 aromatic heterocycles. The molecule has 0 bridgehead atoms. The molecule has 0 aliphatic carbocycles. The smallest absolute Gasteiger partial charge is 0.215 e. The van der Waals surface area contributed by atoms with E-state index in [0.717, 1.165) is 5.56 Å². The Labute approximate surface area is 72.0 Å². The lowest BCUT2D eigenvalue weighted by Gasteiger charge is -2.00. The molecule has 1 aromatic rings. The third-order valence-electron chi connectivity index (χ3n) is 1.18. The van der Waals surface area contributed by atoms with E-state index in [2.05, 4.69) is 4.98 Å². The summed E-state index contributed by atoms with van der Waals surface area (Å²) in [5.41, 5.74) is 6.50. The van der Waals surface area contributed by atoms with Crippen LogP contribution in [0.5, 0.6) is 5.88 Å². The van der Waals surface area contributed by atoms with Gasteiger partial charge in [0.2, 0.25) is 5.88 Å². The standard InChI is InChI=1S/C7H10N2O.ClH/c1-5-3-6(8)9-7(4-5)10-2;/h3-4H,1-2H3,(H2,8,9);1H. The van der Waals surface area contributed by atoms with Gasteiger partial charge in [0.1, 0.15) is 5.82 Å². The number of ether oxygens (including phenoxy) is 1. The molecule has 0 aliphatic rings. The lowest BCUT2D eigenvalue weighted by Crippen LogP contribution is -1.94. The molecule has 0 aromatic carbocycles. The van der Waals surface area contributed by atoms with E-state index in [0.29, 0.717) is 11.7 Å². The van der Waals surface area contributed by atoms with Crippen molar-refractivity contribution in [3.05, 3.63) is 17.7 Å². The Morgan fingerprint density at radius 2 is 2.09 bits per heavy atom. The lowest BCUT2D eigenvalue weighted by atomic mass is 10.3. The minimum Gasteiger partial charge on any atom is -0.481 e. The number of rotatable bonds is 1. The molecule has 0 atom stereocenters. The molecule has 0 fully saturated rings. The summed E-state index contributed by atoms with van der Waals surface area (Å²) in [5, 5.41) is 0. The van der Waals surface area contributed by atoms with Gasteiger partial charge in [0, 0.05) is 6.07 Å². The molecule has 0 saturated carbocycles. The SMILES string of the molecule is COc1cc(C)cc(N)n1.Cl. The van der Waals surface area contributed by atoms with Gasteiger partial charge in [0.05, 0.1) is 7.11 Å². The van der Waals surface area contributed by atoms with E-state index in [1.807, 2.05) is 13.0 Å². The molecule has 0 amide bonds. The number of methoxy groups -OCH3 is 1. The predicted octanol–water partition coefficient (Wildman–Crippen LogP) is 1.40. The molecule has 0 aliphatic heterocycles. The van der Waals surface area contributed by atoms with E-state index in [-0.39, 0.29) is 12.4 Å². The van der Waals surface area contributed by atoms with Crippen LogP contribution < -0.4 is 10.5 Å². The number of nitrogen functional groups attached to an aromatic ring is 1. The summed E-state index contributed by atoms with van der Waals surface area (Å²) >= 11 is 0. The fourth-order valence-electron chi connectivity index (χ4n) is 0.766. The van der Waals surface area contributed by atoms with Gasteiger partial charge < -0.3 is 10.5 Å². The minimum atomic E-state index is 0. The molecule has 2 N–H and O–H groups in total. The molecule has 0 unspecified atom stereocenters. The molecular weight excluding hydrogens is 164 g/mol. The third kappa shape index (κ3) is 2.63. The summed E-state index contributed by atoms with van der Waals surface area (Å²) in [4.78, 5) is 3.91. The van der Waals surface area contributed by atoms with Crippen molar-refractivity contribution in [3.63, 3.8) is 0 Å². The van der Waals surface area contributed by atoms with Crippen LogP contribution >= 0.6 is 12.4 Å². The molecule has 11 heavy (non-hydrogen) atoms. The number of halogens is 1. The highest BCUT2D eigenvalue weighted by Gasteiger charge is 1.94. The van der Waals surface area contributed by atoms with Crippen molar-refractivity contribution in [2.24, 2.45) is 0 Å².